The van der Waals surface area contributed by atoms with E-state index in [0.717, 1.165) is 11.3 Å². The maximum absolute atomic E-state index is 12.0. The van der Waals surface area contributed by atoms with Gasteiger partial charge in [0, 0.05) is 17.3 Å². The Morgan fingerprint density at radius 1 is 1.35 bits per heavy atom. The zero-order chi connectivity index (χ0) is 14.1. The number of aromatic amines is 1. The summed E-state index contributed by atoms with van der Waals surface area (Å²) in [5.74, 6) is 1.01. The first-order valence-electron chi connectivity index (χ1n) is 5.98. The maximum Gasteiger partial charge on any atom is 0.279 e. The van der Waals surface area contributed by atoms with E-state index >= 15 is 0 Å². The molecule has 1 amide bonds. The van der Waals surface area contributed by atoms with E-state index in [0.29, 0.717) is 17.3 Å². The van der Waals surface area contributed by atoms with E-state index in [1.807, 2.05) is 13.8 Å². The number of anilines is 1. The Labute approximate surface area is 114 Å². The molecule has 7 nitrogen and oxygen atoms in total. The Morgan fingerprint density at radius 2 is 2.20 bits per heavy atom. The summed E-state index contributed by atoms with van der Waals surface area (Å²) in [4.78, 5) is 12.0. The van der Waals surface area contributed by atoms with Gasteiger partial charge in [-0.25, -0.2) is 0 Å². The van der Waals surface area contributed by atoms with Crippen LogP contribution in [-0.4, -0.2) is 21.3 Å². The number of nitrogens with one attached hydrogen (secondary N) is 2. The van der Waals surface area contributed by atoms with Gasteiger partial charge in [-0.05, 0) is 26.0 Å². The Kier molecular flexibility index (Phi) is 2.86. The number of hydrogen-bond acceptors (Lipinski definition) is 5. The van der Waals surface area contributed by atoms with Crippen molar-refractivity contribution in [3.63, 3.8) is 0 Å². The molecule has 0 saturated heterocycles. The van der Waals surface area contributed by atoms with Crippen molar-refractivity contribution in [2.75, 3.05) is 5.32 Å². The normalized spacial score (nSPS) is 10.7. The van der Waals surface area contributed by atoms with Crippen LogP contribution in [0.3, 0.4) is 0 Å². The van der Waals surface area contributed by atoms with Crippen LogP contribution in [0.2, 0.25) is 0 Å². The smallest absolute Gasteiger partial charge is 0.279 e. The number of carbonyl (C=O) groups excluding carboxylic acids is 1. The lowest BCUT2D eigenvalue weighted by molar-refractivity contribution is 0.101. The van der Waals surface area contributed by atoms with Crippen molar-refractivity contribution in [2.24, 2.45) is 0 Å². The average Bonchev–Trinajstić information content (AvgIpc) is 3.14. The second-order valence-corrected chi connectivity index (χ2v) is 4.33. The number of rotatable bonds is 3. The molecule has 0 fully saturated rings. The number of carbonyl (C=O) groups is 1. The monoisotopic (exact) mass is 272 g/mol. The first-order chi connectivity index (χ1) is 9.65. The molecular weight excluding hydrogens is 260 g/mol. The van der Waals surface area contributed by atoms with Crippen LogP contribution in [0.15, 0.2) is 33.4 Å². The molecule has 3 rings (SSSR count). The highest BCUT2D eigenvalue weighted by molar-refractivity contribution is 6.03. The van der Waals surface area contributed by atoms with Crippen molar-refractivity contribution in [1.82, 2.24) is 15.4 Å². The van der Waals surface area contributed by atoms with E-state index in [2.05, 4.69) is 20.7 Å². The molecule has 7 heteroatoms. The average molecular weight is 272 g/mol. The number of H-pyrrole nitrogens is 1. The summed E-state index contributed by atoms with van der Waals surface area (Å²) in [5, 5.41) is 13.2. The predicted molar refractivity (Wildman–Crippen MR) is 70.2 cm³/mol. The van der Waals surface area contributed by atoms with Gasteiger partial charge in [0.15, 0.2) is 17.3 Å². The lowest BCUT2D eigenvalue weighted by atomic mass is 10.2. The number of furan rings is 1. The quantitative estimate of drug-likeness (QED) is 0.763. The lowest BCUT2D eigenvalue weighted by Gasteiger charge is -1.98. The van der Waals surface area contributed by atoms with Gasteiger partial charge in [0.25, 0.3) is 5.91 Å². The largest absolute Gasteiger partial charge is 0.461 e. The summed E-state index contributed by atoms with van der Waals surface area (Å²) in [6.07, 6.45) is 1.52. The highest BCUT2D eigenvalue weighted by Crippen LogP contribution is 2.21. The van der Waals surface area contributed by atoms with E-state index in [9.17, 15) is 4.79 Å². The van der Waals surface area contributed by atoms with E-state index in [1.54, 1.807) is 12.1 Å². The second kappa shape index (κ2) is 4.69. The van der Waals surface area contributed by atoms with Gasteiger partial charge in [0.2, 0.25) is 5.76 Å². The van der Waals surface area contributed by atoms with Crippen molar-refractivity contribution in [2.45, 2.75) is 13.8 Å². The number of hydrogen-bond donors (Lipinski definition) is 2. The molecule has 0 aliphatic carbocycles. The molecule has 0 aliphatic heterocycles. The number of amides is 1. The number of aromatic nitrogens is 3. The van der Waals surface area contributed by atoms with Gasteiger partial charge in [-0.1, -0.05) is 5.16 Å². The van der Waals surface area contributed by atoms with Gasteiger partial charge in [-0.3, -0.25) is 9.89 Å². The van der Waals surface area contributed by atoms with Crippen molar-refractivity contribution in [3.8, 4) is 11.5 Å². The number of nitrogens with zero attached hydrogens (tertiary/aromatic N) is 2. The standard InChI is InChI=1S/C13H12N4O3/c1-7-8(2)15-16-12(7)14-13(18)9-6-11(20-17-9)10-4-3-5-19-10/h3-6H,1-2H3,(H2,14,15,16,18). The highest BCUT2D eigenvalue weighted by atomic mass is 16.5. The molecule has 0 aliphatic rings. The molecule has 0 unspecified atom stereocenters. The molecule has 3 aromatic heterocycles. The van der Waals surface area contributed by atoms with Crippen molar-refractivity contribution >= 4 is 11.7 Å². The molecule has 0 aromatic carbocycles. The van der Waals surface area contributed by atoms with Crippen LogP contribution >= 0.6 is 0 Å². The summed E-state index contributed by atoms with van der Waals surface area (Å²) in [5.41, 5.74) is 1.95. The fraction of sp³-hybridized carbons (Fsp3) is 0.154. The first kappa shape index (κ1) is 12.2. The molecule has 0 radical (unpaired) electrons. The lowest BCUT2D eigenvalue weighted by Crippen LogP contribution is -2.13. The molecule has 0 spiro atoms. The van der Waals surface area contributed by atoms with Gasteiger partial charge in [0.1, 0.15) is 0 Å². The zero-order valence-electron chi connectivity index (χ0n) is 10.9. The minimum atomic E-state index is -0.388. The van der Waals surface area contributed by atoms with E-state index in [4.69, 9.17) is 8.94 Å². The van der Waals surface area contributed by atoms with Crippen LogP contribution in [-0.2, 0) is 0 Å². The van der Waals surface area contributed by atoms with Crippen LogP contribution < -0.4 is 5.32 Å². The fourth-order valence-electron chi connectivity index (χ4n) is 1.70. The molecule has 0 bridgehead atoms. The van der Waals surface area contributed by atoms with E-state index in [-0.39, 0.29) is 11.6 Å². The zero-order valence-corrected chi connectivity index (χ0v) is 10.9. The predicted octanol–water partition coefficient (Wildman–Crippen LogP) is 2.53. The summed E-state index contributed by atoms with van der Waals surface area (Å²) < 4.78 is 10.2. The molecule has 20 heavy (non-hydrogen) atoms. The van der Waals surface area contributed by atoms with E-state index < -0.39 is 0 Å². The van der Waals surface area contributed by atoms with Crippen LogP contribution in [0.1, 0.15) is 21.7 Å². The summed E-state index contributed by atoms with van der Waals surface area (Å²) in [7, 11) is 0. The molecule has 3 aromatic rings. The van der Waals surface area contributed by atoms with Gasteiger partial charge in [0.05, 0.1) is 6.26 Å². The molecular formula is C13H12N4O3. The SMILES string of the molecule is Cc1[nH]nc(NC(=O)c2cc(-c3ccco3)on2)c1C. The fourth-order valence-corrected chi connectivity index (χ4v) is 1.70. The Morgan fingerprint density at radius 3 is 2.85 bits per heavy atom. The molecule has 0 atom stereocenters. The Bertz CT molecular complexity index is 740. The minimum Gasteiger partial charge on any atom is -0.461 e. The van der Waals surface area contributed by atoms with Gasteiger partial charge in [-0.2, -0.15) is 5.10 Å². The van der Waals surface area contributed by atoms with Crippen LogP contribution in [0, 0.1) is 13.8 Å². The van der Waals surface area contributed by atoms with Crippen LogP contribution in [0.25, 0.3) is 11.5 Å². The maximum atomic E-state index is 12.0. The van der Waals surface area contributed by atoms with Crippen molar-refractivity contribution < 1.29 is 13.7 Å². The third-order valence-electron chi connectivity index (χ3n) is 2.99. The Balaban J connectivity index is 1.80. The van der Waals surface area contributed by atoms with Gasteiger partial charge in [-0.15, -0.1) is 0 Å². The second-order valence-electron chi connectivity index (χ2n) is 4.33. The number of aryl methyl sites for hydroxylation is 1. The third-order valence-corrected chi connectivity index (χ3v) is 2.99. The molecule has 3 heterocycles. The Hall–Kier alpha value is -2.83. The van der Waals surface area contributed by atoms with Crippen LogP contribution in [0.4, 0.5) is 5.82 Å². The van der Waals surface area contributed by atoms with Crippen LogP contribution in [0.5, 0.6) is 0 Å². The molecule has 0 saturated carbocycles. The third kappa shape index (κ3) is 2.09. The van der Waals surface area contributed by atoms with Crippen molar-refractivity contribution in [1.29, 1.82) is 0 Å². The van der Waals surface area contributed by atoms with Crippen molar-refractivity contribution in [3.05, 3.63) is 41.4 Å². The summed E-state index contributed by atoms with van der Waals surface area (Å²) in [6, 6.07) is 4.97. The van der Waals surface area contributed by atoms with E-state index in [1.165, 1.54) is 12.3 Å². The molecule has 102 valence electrons. The highest BCUT2D eigenvalue weighted by Gasteiger charge is 2.17. The molecule has 2 N–H and O–H groups in total. The summed E-state index contributed by atoms with van der Waals surface area (Å²) in [6.45, 7) is 3.74. The minimum absolute atomic E-state index is 0.163. The topological polar surface area (TPSA) is 97.0 Å². The van der Waals surface area contributed by atoms with Gasteiger partial charge < -0.3 is 14.3 Å². The first-order valence-corrected chi connectivity index (χ1v) is 5.98. The summed E-state index contributed by atoms with van der Waals surface area (Å²) >= 11 is 0. The van der Waals surface area contributed by atoms with Gasteiger partial charge >= 0.3 is 0 Å².